The fraction of sp³-hybridized carbons (Fsp3) is 0.375. The van der Waals surface area contributed by atoms with Gasteiger partial charge in [-0.1, -0.05) is 85.3 Å². The van der Waals surface area contributed by atoms with Crippen molar-refractivity contribution in [3.63, 3.8) is 0 Å². The molecule has 0 radical (unpaired) electrons. The predicted octanol–water partition coefficient (Wildman–Crippen LogP) is 6.39. The van der Waals surface area contributed by atoms with Crippen molar-refractivity contribution in [3.8, 4) is 0 Å². The summed E-state index contributed by atoms with van der Waals surface area (Å²) >= 11 is 0. The number of ether oxygens (including phenoxy) is 5. The Morgan fingerprint density at radius 1 is 0.736 bits per heavy atom. The monoisotopic (exact) mass is 727 g/mol. The van der Waals surface area contributed by atoms with Crippen molar-refractivity contribution < 1.29 is 47.7 Å². The molecule has 0 aliphatic heterocycles. The van der Waals surface area contributed by atoms with Gasteiger partial charge in [0.25, 0.3) is 0 Å². The molecule has 280 valence electrons. The van der Waals surface area contributed by atoms with Gasteiger partial charge < -0.3 is 39.3 Å². The number of aromatic nitrogens is 1. The fourth-order valence-electron chi connectivity index (χ4n) is 5.99. The maximum atomic E-state index is 13.5. The van der Waals surface area contributed by atoms with E-state index in [9.17, 15) is 24.0 Å². The molecule has 13 heteroatoms. The highest BCUT2D eigenvalue weighted by atomic mass is 16.8. The molecule has 1 aromatic heterocycles. The third kappa shape index (κ3) is 12.4. The molecular formula is C40H45N3O10. The molecule has 0 spiro atoms. The first-order chi connectivity index (χ1) is 25.7. The lowest BCUT2D eigenvalue weighted by atomic mass is 9.98. The molecule has 1 fully saturated rings. The number of carbonyl (C=O) groups is 5. The molecule has 1 aliphatic rings. The Bertz CT molecular complexity index is 1810. The average molecular weight is 728 g/mol. The first kappa shape index (κ1) is 38.4. The predicted molar refractivity (Wildman–Crippen MR) is 193 cm³/mol. The fourth-order valence-corrected chi connectivity index (χ4v) is 5.99. The van der Waals surface area contributed by atoms with E-state index in [0.29, 0.717) is 0 Å². The Hall–Kier alpha value is -5.85. The van der Waals surface area contributed by atoms with Gasteiger partial charge in [-0.05, 0) is 54.9 Å². The largest absolute Gasteiger partial charge is 0.511 e. The van der Waals surface area contributed by atoms with Crippen molar-refractivity contribution in [3.05, 3.63) is 108 Å². The molecule has 2 amide bonds. The van der Waals surface area contributed by atoms with Gasteiger partial charge in [0.2, 0.25) is 12.2 Å². The Kier molecular flexibility index (Phi) is 14.2. The molecule has 13 nitrogen and oxygen atoms in total. The number of amides is 2. The molecule has 1 saturated carbocycles. The van der Waals surface area contributed by atoms with Crippen LogP contribution in [0.3, 0.4) is 0 Å². The lowest BCUT2D eigenvalue weighted by Gasteiger charge is -2.23. The third-order valence-corrected chi connectivity index (χ3v) is 8.75. The number of carbonyl (C=O) groups excluding carboxylic acids is 5. The van der Waals surface area contributed by atoms with Crippen LogP contribution in [0.1, 0.15) is 68.6 Å². The summed E-state index contributed by atoms with van der Waals surface area (Å²) in [6.07, 6.45) is 2.50. The minimum Gasteiger partial charge on any atom is -0.459 e. The molecule has 53 heavy (non-hydrogen) atoms. The highest BCUT2D eigenvalue weighted by Gasteiger charge is 2.29. The number of aromatic amines is 1. The number of hydrogen-bond donors (Lipinski definition) is 3. The quantitative estimate of drug-likeness (QED) is 0.0668. The lowest BCUT2D eigenvalue weighted by molar-refractivity contribution is -0.172. The number of H-pyrrole nitrogens is 1. The van der Waals surface area contributed by atoms with Gasteiger partial charge in [0.1, 0.15) is 31.4 Å². The maximum Gasteiger partial charge on any atom is 0.511 e. The zero-order valence-electron chi connectivity index (χ0n) is 29.6. The van der Waals surface area contributed by atoms with Gasteiger partial charge in [0.15, 0.2) is 0 Å². The van der Waals surface area contributed by atoms with Crippen LogP contribution < -0.4 is 10.6 Å². The van der Waals surface area contributed by atoms with Crippen LogP contribution in [0.5, 0.6) is 0 Å². The smallest absolute Gasteiger partial charge is 0.459 e. The van der Waals surface area contributed by atoms with Gasteiger partial charge in [-0.25, -0.2) is 19.2 Å². The van der Waals surface area contributed by atoms with E-state index in [0.717, 1.165) is 59.7 Å². The molecule has 4 aromatic rings. The third-order valence-electron chi connectivity index (χ3n) is 8.75. The van der Waals surface area contributed by atoms with Crippen molar-refractivity contribution >= 4 is 41.0 Å². The second-order valence-electron chi connectivity index (χ2n) is 12.8. The number of alkyl carbamates (subject to hydrolysis) is 1. The molecule has 1 heterocycles. The summed E-state index contributed by atoms with van der Waals surface area (Å²) in [5, 5.41) is 6.06. The van der Waals surface area contributed by atoms with Gasteiger partial charge in [0, 0.05) is 36.9 Å². The van der Waals surface area contributed by atoms with E-state index in [4.69, 9.17) is 23.7 Å². The zero-order valence-corrected chi connectivity index (χ0v) is 29.6. The van der Waals surface area contributed by atoms with Crippen LogP contribution in [-0.4, -0.2) is 59.6 Å². The van der Waals surface area contributed by atoms with E-state index in [1.165, 1.54) is 6.92 Å². The zero-order chi connectivity index (χ0) is 37.4. The van der Waals surface area contributed by atoms with E-state index in [1.54, 1.807) is 54.7 Å². The van der Waals surface area contributed by atoms with Crippen LogP contribution in [0.2, 0.25) is 0 Å². The van der Waals surface area contributed by atoms with E-state index in [2.05, 4.69) is 15.6 Å². The highest BCUT2D eigenvalue weighted by molar-refractivity contribution is 5.88. The van der Waals surface area contributed by atoms with Crippen LogP contribution in [0.4, 0.5) is 9.59 Å². The molecule has 0 saturated heterocycles. The van der Waals surface area contributed by atoms with Gasteiger partial charge in [-0.2, -0.15) is 0 Å². The summed E-state index contributed by atoms with van der Waals surface area (Å²) in [6.45, 7) is 1.31. The first-order valence-corrected chi connectivity index (χ1v) is 17.8. The highest BCUT2D eigenvalue weighted by Crippen LogP contribution is 2.22. The van der Waals surface area contributed by atoms with Crippen LogP contribution in [0.15, 0.2) is 91.1 Å². The molecule has 3 aromatic carbocycles. The van der Waals surface area contributed by atoms with Crippen molar-refractivity contribution in [2.45, 2.75) is 96.0 Å². The van der Waals surface area contributed by atoms with Crippen LogP contribution in [0, 0.1) is 0 Å². The molecule has 3 unspecified atom stereocenters. The Labute approximate surface area is 307 Å². The Morgan fingerprint density at radius 2 is 1.38 bits per heavy atom. The van der Waals surface area contributed by atoms with Gasteiger partial charge >= 0.3 is 24.2 Å². The summed E-state index contributed by atoms with van der Waals surface area (Å²) in [5.74, 6) is -2.21. The topological polar surface area (TPSA) is 171 Å². The number of fused-ring (bicyclic) bond motifs is 1. The van der Waals surface area contributed by atoms with Crippen molar-refractivity contribution in [2.24, 2.45) is 0 Å². The molecular weight excluding hydrogens is 682 g/mol. The Morgan fingerprint density at radius 3 is 2.08 bits per heavy atom. The van der Waals surface area contributed by atoms with Gasteiger partial charge in [-0.15, -0.1) is 0 Å². The van der Waals surface area contributed by atoms with Crippen LogP contribution in [-0.2, 0) is 57.7 Å². The number of para-hydroxylation sites is 1. The maximum absolute atomic E-state index is 13.5. The van der Waals surface area contributed by atoms with Crippen molar-refractivity contribution in [2.75, 3.05) is 0 Å². The standard InChI is InChI=1S/C40H45N3O10/c1-27(52-40(48)53-31-17-9-4-10-18-31)51-38(46)35(23-30-24-41-33-20-12-11-19-32(30)33)42-36(44)22-21-34(37(45)49-25-28-13-5-2-6-14-28)43-39(47)50-26-29-15-7-3-8-16-29/h2-3,5-8,11-16,19-20,24,27,31,34-35,41H,4,9-10,17-18,21-23,25-26H2,1H3,(H,42,44)(H,43,47). The Balaban J connectivity index is 1.22. The lowest BCUT2D eigenvalue weighted by Crippen LogP contribution is -2.46. The molecule has 5 rings (SSSR count). The van der Waals surface area contributed by atoms with Crippen LogP contribution >= 0.6 is 0 Å². The molecule has 3 atom stereocenters. The number of hydrogen-bond acceptors (Lipinski definition) is 10. The van der Waals surface area contributed by atoms with E-state index >= 15 is 0 Å². The summed E-state index contributed by atoms with van der Waals surface area (Å²) in [4.78, 5) is 68.4. The summed E-state index contributed by atoms with van der Waals surface area (Å²) < 4.78 is 26.8. The number of esters is 2. The van der Waals surface area contributed by atoms with Crippen molar-refractivity contribution in [1.29, 1.82) is 0 Å². The molecule has 1 aliphatic carbocycles. The van der Waals surface area contributed by atoms with Crippen molar-refractivity contribution in [1.82, 2.24) is 15.6 Å². The minimum atomic E-state index is -1.30. The van der Waals surface area contributed by atoms with E-state index < -0.39 is 48.5 Å². The average Bonchev–Trinajstić information content (AvgIpc) is 3.58. The number of rotatable bonds is 16. The summed E-state index contributed by atoms with van der Waals surface area (Å²) in [6, 6.07) is 23.1. The SMILES string of the molecule is CC(OC(=O)OC1CCCCC1)OC(=O)C(Cc1c[nH]c2ccccc12)NC(=O)CCC(NC(=O)OCc1ccccc1)C(=O)OCc1ccccc1. The number of benzene rings is 3. The second kappa shape index (κ2) is 19.7. The minimum absolute atomic E-state index is 0.0307. The first-order valence-electron chi connectivity index (χ1n) is 17.8. The summed E-state index contributed by atoms with van der Waals surface area (Å²) in [7, 11) is 0. The van der Waals surface area contributed by atoms with E-state index in [1.807, 2.05) is 36.4 Å². The second-order valence-corrected chi connectivity index (χ2v) is 12.8. The molecule has 0 bridgehead atoms. The number of nitrogens with one attached hydrogen (secondary N) is 3. The van der Waals surface area contributed by atoms with Gasteiger partial charge in [-0.3, -0.25) is 4.79 Å². The van der Waals surface area contributed by atoms with Crippen LogP contribution in [0.25, 0.3) is 10.9 Å². The normalized spacial score (nSPS) is 14.6. The van der Waals surface area contributed by atoms with E-state index in [-0.39, 0.29) is 38.6 Å². The summed E-state index contributed by atoms with van der Waals surface area (Å²) in [5.41, 5.74) is 3.06. The van der Waals surface area contributed by atoms with Gasteiger partial charge in [0.05, 0.1) is 0 Å². The molecule has 3 N–H and O–H groups in total.